The predicted molar refractivity (Wildman–Crippen MR) is 215 cm³/mol. The number of anilines is 2. The number of fused-ring (bicyclic) bond motifs is 6. The number of benzene rings is 4. The normalized spacial score (nSPS) is 28.8. The summed E-state index contributed by atoms with van der Waals surface area (Å²) in [5.74, 6) is 0.286. The number of nitrogens with two attached hydrogens (primary N) is 1. The van der Waals surface area contributed by atoms with Gasteiger partial charge in [0.1, 0.15) is 0 Å². The Labute approximate surface area is 317 Å². The molecule has 0 aliphatic heterocycles. The number of hydrogen-bond acceptors (Lipinski definition) is 4. The van der Waals surface area contributed by atoms with Gasteiger partial charge in [-0.1, -0.05) is 106 Å². The lowest BCUT2D eigenvalue weighted by molar-refractivity contribution is -0.160. The first-order chi connectivity index (χ1) is 25.5. The van der Waals surface area contributed by atoms with Crippen molar-refractivity contribution in [2.45, 2.75) is 109 Å². The Morgan fingerprint density at radius 3 is 1.98 bits per heavy atom. The Balaban J connectivity index is 1.07. The quantitative estimate of drug-likeness (QED) is 0.153. The van der Waals surface area contributed by atoms with Crippen LogP contribution < -0.4 is 10.6 Å². The highest BCUT2D eigenvalue weighted by Gasteiger charge is 2.57. The van der Waals surface area contributed by atoms with E-state index in [1.807, 2.05) is 6.07 Å². The molecular weight excluding hydrogens is 651 g/mol. The summed E-state index contributed by atoms with van der Waals surface area (Å²) in [6.45, 7) is 8.59. The molecule has 2 fully saturated rings. The van der Waals surface area contributed by atoms with E-state index in [4.69, 9.17) is 5.73 Å². The second-order valence-electron chi connectivity index (χ2n) is 17.6. The monoisotopic (exact) mass is 707 g/mol. The Morgan fingerprint density at radius 1 is 0.698 bits per heavy atom. The highest BCUT2D eigenvalue weighted by atomic mass is 16.2. The van der Waals surface area contributed by atoms with Crippen molar-refractivity contribution in [2.75, 3.05) is 17.7 Å². The highest BCUT2D eigenvalue weighted by molar-refractivity contribution is 5.99. The zero-order valence-corrected chi connectivity index (χ0v) is 32.2. The summed E-state index contributed by atoms with van der Waals surface area (Å²) >= 11 is 0. The summed E-state index contributed by atoms with van der Waals surface area (Å²) in [5.41, 5.74) is 15.5. The van der Waals surface area contributed by atoms with Gasteiger partial charge in [0, 0.05) is 37.4 Å². The van der Waals surface area contributed by atoms with E-state index in [1.165, 1.54) is 39.1 Å². The van der Waals surface area contributed by atoms with Gasteiger partial charge in [-0.2, -0.15) is 0 Å². The van der Waals surface area contributed by atoms with Gasteiger partial charge in [-0.25, -0.2) is 0 Å². The lowest BCUT2D eigenvalue weighted by Gasteiger charge is -2.55. The van der Waals surface area contributed by atoms with E-state index in [1.54, 1.807) is 11.9 Å². The molecular formula is C48H57N3O2. The Bertz CT molecular complexity index is 1950. The molecule has 5 heteroatoms. The van der Waals surface area contributed by atoms with Gasteiger partial charge in [0.05, 0.1) is 5.41 Å². The van der Waals surface area contributed by atoms with E-state index in [-0.39, 0.29) is 40.4 Å². The van der Waals surface area contributed by atoms with Crippen molar-refractivity contribution in [1.29, 1.82) is 0 Å². The molecule has 2 saturated carbocycles. The zero-order chi connectivity index (χ0) is 37.0. The SMILES string of the molecule is CN(C(=O)C1CCCC2(C)c3cc(N)ccc3CCC12)C(=O)[C@@]1(C)CCC[C@]2(C)c3cc(N(Cc4ccccc4)Cc4ccccc4)ccc3CCC12. The van der Waals surface area contributed by atoms with E-state index < -0.39 is 5.41 Å². The molecule has 0 spiro atoms. The fourth-order valence-electron chi connectivity index (χ4n) is 11.8. The molecule has 4 aliphatic rings. The largest absolute Gasteiger partial charge is 0.399 e. The smallest absolute Gasteiger partial charge is 0.235 e. The van der Waals surface area contributed by atoms with Crippen molar-refractivity contribution in [1.82, 2.24) is 4.90 Å². The van der Waals surface area contributed by atoms with Crippen LogP contribution in [-0.4, -0.2) is 23.8 Å². The van der Waals surface area contributed by atoms with Gasteiger partial charge < -0.3 is 10.6 Å². The summed E-state index contributed by atoms with van der Waals surface area (Å²) in [7, 11) is 1.79. The Kier molecular flexibility index (Phi) is 9.28. The maximum atomic E-state index is 15.0. The third-order valence-electron chi connectivity index (χ3n) is 14.6. The lowest BCUT2D eigenvalue weighted by atomic mass is 9.49. The van der Waals surface area contributed by atoms with Crippen molar-refractivity contribution in [2.24, 2.45) is 23.2 Å². The van der Waals surface area contributed by atoms with Crippen molar-refractivity contribution in [3.8, 4) is 0 Å². The van der Waals surface area contributed by atoms with Crippen LogP contribution in [0.4, 0.5) is 11.4 Å². The summed E-state index contributed by atoms with van der Waals surface area (Å²) in [6.07, 6.45) is 9.62. The molecule has 4 aromatic rings. The van der Waals surface area contributed by atoms with Gasteiger partial charge in [-0.05, 0) is 132 Å². The molecule has 5 nitrogen and oxygen atoms in total. The molecule has 0 heterocycles. The first-order valence-corrected chi connectivity index (χ1v) is 20.2. The van der Waals surface area contributed by atoms with Crippen molar-refractivity contribution >= 4 is 23.2 Å². The predicted octanol–water partition coefficient (Wildman–Crippen LogP) is 9.79. The number of hydrogen-bond donors (Lipinski definition) is 1. The number of nitrogen functional groups attached to an aromatic ring is 1. The number of aryl methyl sites for hydroxylation is 2. The van der Waals surface area contributed by atoms with Crippen LogP contribution in [0.3, 0.4) is 0 Å². The molecule has 0 radical (unpaired) electrons. The molecule has 4 aliphatic carbocycles. The molecule has 0 aromatic heterocycles. The fraction of sp³-hybridized carbons (Fsp3) is 0.458. The number of rotatable bonds is 7. The fourth-order valence-corrected chi connectivity index (χ4v) is 11.8. The average Bonchev–Trinajstić information content (AvgIpc) is 3.17. The number of carbonyl (C=O) groups excluding carboxylic acids is 2. The number of carbonyl (C=O) groups is 2. The summed E-state index contributed by atoms with van der Waals surface area (Å²) in [4.78, 5) is 33.7. The molecule has 2 N–H and O–H groups in total. The first-order valence-electron chi connectivity index (χ1n) is 20.2. The molecule has 0 saturated heterocycles. The van der Waals surface area contributed by atoms with Crippen LogP contribution >= 0.6 is 0 Å². The Morgan fingerprint density at radius 2 is 1.30 bits per heavy atom. The minimum absolute atomic E-state index is 0.0283. The van der Waals surface area contributed by atoms with E-state index in [0.29, 0.717) is 0 Å². The second-order valence-corrected chi connectivity index (χ2v) is 17.6. The van der Waals surface area contributed by atoms with Gasteiger partial charge in [-0.3, -0.25) is 14.5 Å². The topological polar surface area (TPSA) is 66.6 Å². The van der Waals surface area contributed by atoms with Crippen LogP contribution in [0.2, 0.25) is 0 Å². The second kappa shape index (κ2) is 13.8. The molecule has 4 unspecified atom stereocenters. The van der Waals surface area contributed by atoms with Crippen LogP contribution in [0.1, 0.15) is 106 Å². The van der Waals surface area contributed by atoms with Gasteiger partial charge in [0.2, 0.25) is 11.8 Å². The van der Waals surface area contributed by atoms with Crippen LogP contribution in [0.25, 0.3) is 0 Å². The zero-order valence-electron chi connectivity index (χ0n) is 32.2. The highest BCUT2D eigenvalue weighted by Crippen LogP contribution is 2.59. The van der Waals surface area contributed by atoms with Gasteiger partial charge in [0.25, 0.3) is 0 Å². The molecule has 2 amide bonds. The maximum Gasteiger partial charge on any atom is 0.235 e. The maximum absolute atomic E-state index is 15.0. The molecule has 0 bridgehead atoms. The number of imide groups is 1. The lowest BCUT2D eigenvalue weighted by Crippen LogP contribution is -2.58. The van der Waals surface area contributed by atoms with Crippen molar-refractivity contribution in [3.63, 3.8) is 0 Å². The molecule has 8 rings (SSSR count). The van der Waals surface area contributed by atoms with Crippen LogP contribution in [0, 0.1) is 23.2 Å². The van der Waals surface area contributed by atoms with Gasteiger partial charge in [0.15, 0.2) is 0 Å². The molecule has 53 heavy (non-hydrogen) atoms. The Hall–Kier alpha value is -4.38. The third-order valence-corrected chi connectivity index (χ3v) is 14.6. The number of amides is 2. The van der Waals surface area contributed by atoms with E-state index in [9.17, 15) is 9.59 Å². The summed E-state index contributed by atoms with van der Waals surface area (Å²) < 4.78 is 0. The van der Waals surface area contributed by atoms with Gasteiger partial charge >= 0.3 is 0 Å². The first kappa shape index (κ1) is 35.6. The molecule has 6 atom stereocenters. The molecule has 276 valence electrons. The third kappa shape index (κ3) is 6.18. The van der Waals surface area contributed by atoms with E-state index >= 15 is 0 Å². The summed E-state index contributed by atoms with van der Waals surface area (Å²) in [5, 5.41) is 0. The minimum Gasteiger partial charge on any atom is -0.399 e. The van der Waals surface area contributed by atoms with E-state index in [0.717, 1.165) is 83.0 Å². The van der Waals surface area contributed by atoms with E-state index in [2.05, 4.69) is 117 Å². The van der Waals surface area contributed by atoms with Crippen molar-refractivity contribution < 1.29 is 9.59 Å². The summed E-state index contributed by atoms with van der Waals surface area (Å²) in [6, 6.07) is 34.9. The minimum atomic E-state index is -0.607. The molecule has 4 aromatic carbocycles. The van der Waals surface area contributed by atoms with Crippen LogP contribution in [0.15, 0.2) is 97.1 Å². The standard InChI is InChI=1S/C48H57N3O2/c1-46-26-11-17-39(40(46)24-20-35-18-22-37(49)29-41(35)46)44(52)50(4)45(53)48(3)28-12-27-47(2)42-30-38(23-19-36(42)21-25-43(47)48)51(31-33-13-7-5-8-14-33)32-34-15-9-6-10-16-34/h5-10,13-16,18-19,22-23,29-30,39-40,43H,11-12,17,20-21,24-28,31-32,49H2,1-4H3/t39?,40?,43?,46?,47-,48+/m1/s1. The van der Waals surface area contributed by atoms with Gasteiger partial charge in [-0.15, -0.1) is 0 Å². The average molecular weight is 708 g/mol. The number of nitrogens with zero attached hydrogens (tertiary/aromatic N) is 2. The van der Waals surface area contributed by atoms with Crippen molar-refractivity contribution in [3.05, 3.63) is 130 Å². The van der Waals surface area contributed by atoms with Crippen LogP contribution in [-0.2, 0) is 46.4 Å². The van der Waals surface area contributed by atoms with Crippen LogP contribution in [0.5, 0.6) is 0 Å².